The van der Waals surface area contributed by atoms with E-state index in [9.17, 15) is 0 Å². The molecule has 14 heavy (non-hydrogen) atoms. The van der Waals surface area contributed by atoms with E-state index in [2.05, 4.69) is 6.58 Å². The molecular formula is C10H22O3Si. The zero-order valence-electron chi connectivity index (χ0n) is 9.71. The molecule has 1 unspecified atom stereocenters. The molecule has 84 valence electrons. The molecule has 0 amide bonds. The summed E-state index contributed by atoms with van der Waals surface area (Å²) in [5.74, 6) is 0. The molecule has 0 aromatic carbocycles. The van der Waals surface area contributed by atoms with Crippen LogP contribution < -0.4 is 0 Å². The molecule has 0 aliphatic heterocycles. The molecule has 0 aromatic rings. The number of hydrogen-bond donors (Lipinski definition) is 0. The Morgan fingerprint density at radius 1 is 1.29 bits per heavy atom. The van der Waals surface area contributed by atoms with Crippen LogP contribution >= 0.6 is 0 Å². The fourth-order valence-electron chi connectivity index (χ4n) is 1.28. The van der Waals surface area contributed by atoms with E-state index in [0.29, 0.717) is 13.2 Å². The molecular weight excluding hydrogens is 196 g/mol. The maximum atomic E-state index is 5.78. The van der Waals surface area contributed by atoms with E-state index >= 15 is 0 Å². The molecule has 0 heterocycles. The summed E-state index contributed by atoms with van der Waals surface area (Å²) in [6, 6.07) is 0. The monoisotopic (exact) mass is 218 g/mol. The van der Waals surface area contributed by atoms with Gasteiger partial charge in [0.1, 0.15) is 0 Å². The van der Waals surface area contributed by atoms with Crippen LogP contribution in [0.25, 0.3) is 0 Å². The van der Waals surface area contributed by atoms with Crippen LogP contribution in [0.1, 0.15) is 27.2 Å². The van der Waals surface area contributed by atoms with Crippen molar-refractivity contribution in [3.8, 4) is 0 Å². The molecule has 0 bridgehead atoms. The Bertz CT molecular complexity index is 155. The van der Waals surface area contributed by atoms with Crippen molar-refractivity contribution in [3.05, 3.63) is 12.7 Å². The van der Waals surface area contributed by atoms with E-state index < -0.39 is 8.80 Å². The quantitative estimate of drug-likeness (QED) is 0.463. The van der Waals surface area contributed by atoms with Crippen LogP contribution in [0.4, 0.5) is 0 Å². The first-order chi connectivity index (χ1) is 6.58. The predicted octanol–water partition coefficient (Wildman–Crippen LogP) is 2.61. The molecule has 1 atom stereocenters. The summed E-state index contributed by atoms with van der Waals surface area (Å²) >= 11 is 0. The summed E-state index contributed by atoms with van der Waals surface area (Å²) in [5.41, 5.74) is 0. The molecule has 0 rings (SSSR count). The minimum atomic E-state index is -2.40. The summed E-state index contributed by atoms with van der Waals surface area (Å²) < 4.78 is 16.9. The van der Waals surface area contributed by atoms with Gasteiger partial charge in [-0.2, -0.15) is 0 Å². The van der Waals surface area contributed by atoms with E-state index in [-0.39, 0.29) is 6.10 Å². The van der Waals surface area contributed by atoms with Crippen molar-refractivity contribution in [3.63, 3.8) is 0 Å². The highest BCUT2D eigenvalue weighted by Gasteiger charge is 2.35. The van der Waals surface area contributed by atoms with Crippen LogP contribution in [0.3, 0.4) is 0 Å². The van der Waals surface area contributed by atoms with Crippen LogP contribution in [0.2, 0.25) is 6.55 Å². The second-order valence-electron chi connectivity index (χ2n) is 3.18. The van der Waals surface area contributed by atoms with Gasteiger partial charge in [-0.15, -0.1) is 6.58 Å². The molecule has 0 aliphatic carbocycles. The maximum absolute atomic E-state index is 5.78. The smallest absolute Gasteiger partial charge is 0.374 e. The van der Waals surface area contributed by atoms with Gasteiger partial charge in [-0.25, -0.2) is 0 Å². The van der Waals surface area contributed by atoms with E-state index in [0.717, 1.165) is 6.42 Å². The lowest BCUT2D eigenvalue weighted by molar-refractivity contribution is 0.0455. The summed E-state index contributed by atoms with van der Waals surface area (Å²) in [5, 5.41) is 0. The molecule has 0 N–H and O–H groups in total. The maximum Gasteiger partial charge on any atom is 0.497 e. The van der Waals surface area contributed by atoms with E-state index in [1.165, 1.54) is 0 Å². The van der Waals surface area contributed by atoms with Gasteiger partial charge < -0.3 is 13.3 Å². The van der Waals surface area contributed by atoms with Gasteiger partial charge in [0, 0.05) is 19.8 Å². The number of hydrogen-bond acceptors (Lipinski definition) is 3. The molecule has 0 aliphatic rings. The highest BCUT2D eigenvalue weighted by molar-refractivity contribution is 6.59. The fraction of sp³-hybridized carbons (Fsp3) is 0.800. The molecule has 4 heteroatoms. The van der Waals surface area contributed by atoms with Crippen LogP contribution in [-0.2, 0) is 13.3 Å². The number of rotatable bonds is 8. The lowest BCUT2D eigenvalue weighted by Gasteiger charge is -2.28. The Labute approximate surface area is 88.4 Å². The van der Waals surface area contributed by atoms with Gasteiger partial charge in [0.2, 0.25) is 0 Å². The Morgan fingerprint density at radius 3 is 2.14 bits per heavy atom. The van der Waals surface area contributed by atoms with Gasteiger partial charge in [0.15, 0.2) is 0 Å². The SMILES string of the molecule is C=CCC(C)O[Si](C)(OCC)OCC. The van der Waals surface area contributed by atoms with Crippen molar-refractivity contribution < 1.29 is 13.3 Å². The average molecular weight is 218 g/mol. The van der Waals surface area contributed by atoms with Crippen LogP contribution in [-0.4, -0.2) is 28.1 Å². The Kier molecular flexibility index (Phi) is 7.09. The second kappa shape index (κ2) is 7.17. The highest BCUT2D eigenvalue weighted by Crippen LogP contribution is 2.13. The fourth-order valence-corrected chi connectivity index (χ4v) is 3.38. The van der Waals surface area contributed by atoms with Gasteiger partial charge in [-0.05, 0) is 27.2 Å². The lowest BCUT2D eigenvalue weighted by atomic mass is 10.3. The summed E-state index contributed by atoms with van der Waals surface area (Å²) in [7, 11) is -2.40. The van der Waals surface area contributed by atoms with E-state index in [4.69, 9.17) is 13.3 Å². The Morgan fingerprint density at radius 2 is 1.79 bits per heavy atom. The van der Waals surface area contributed by atoms with Gasteiger partial charge in [0.05, 0.1) is 6.10 Å². The summed E-state index contributed by atoms with van der Waals surface area (Å²) in [6.07, 6.45) is 2.78. The van der Waals surface area contributed by atoms with Crippen molar-refractivity contribution >= 4 is 8.80 Å². The first-order valence-electron chi connectivity index (χ1n) is 5.14. The molecule has 0 radical (unpaired) electrons. The molecule has 0 saturated heterocycles. The Hall–Kier alpha value is -0.163. The van der Waals surface area contributed by atoms with Crippen molar-refractivity contribution in [2.45, 2.75) is 39.8 Å². The van der Waals surface area contributed by atoms with Crippen molar-refractivity contribution in [1.29, 1.82) is 0 Å². The standard InChI is InChI=1S/C10H22O3Si/c1-6-9-10(4)13-14(5,11-7-2)12-8-3/h6,10H,1,7-9H2,2-5H3. The normalized spacial score (nSPS) is 14.0. The van der Waals surface area contributed by atoms with Gasteiger partial charge in [0.25, 0.3) is 0 Å². The Balaban J connectivity index is 4.11. The molecule has 0 fully saturated rings. The first-order valence-corrected chi connectivity index (χ1v) is 7.37. The van der Waals surface area contributed by atoms with Crippen LogP contribution in [0.15, 0.2) is 12.7 Å². The van der Waals surface area contributed by atoms with Crippen molar-refractivity contribution in [2.75, 3.05) is 13.2 Å². The van der Waals surface area contributed by atoms with Crippen LogP contribution in [0, 0.1) is 0 Å². The predicted molar refractivity (Wildman–Crippen MR) is 60.2 cm³/mol. The van der Waals surface area contributed by atoms with E-state index in [1.807, 2.05) is 33.4 Å². The van der Waals surface area contributed by atoms with Gasteiger partial charge in [-0.3, -0.25) is 0 Å². The second-order valence-corrected chi connectivity index (χ2v) is 5.72. The third-order valence-electron chi connectivity index (χ3n) is 1.73. The van der Waals surface area contributed by atoms with Crippen molar-refractivity contribution in [2.24, 2.45) is 0 Å². The zero-order chi connectivity index (χ0) is 11.0. The van der Waals surface area contributed by atoms with Gasteiger partial charge >= 0.3 is 8.80 Å². The average Bonchev–Trinajstić information content (AvgIpc) is 2.04. The molecule has 0 spiro atoms. The summed E-state index contributed by atoms with van der Waals surface area (Å²) in [4.78, 5) is 0. The van der Waals surface area contributed by atoms with E-state index in [1.54, 1.807) is 0 Å². The largest absolute Gasteiger partial charge is 0.497 e. The third-order valence-corrected chi connectivity index (χ3v) is 4.18. The minimum absolute atomic E-state index is 0.113. The third kappa shape index (κ3) is 5.54. The molecule has 3 nitrogen and oxygen atoms in total. The zero-order valence-corrected chi connectivity index (χ0v) is 10.7. The molecule has 0 saturated carbocycles. The topological polar surface area (TPSA) is 27.7 Å². The van der Waals surface area contributed by atoms with Crippen molar-refractivity contribution in [1.82, 2.24) is 0 Å². The lowest BCUT2D eigenvalue weighted by Crippen LogP contribution is -2.44. The van der Waals surface area contributed by atoms with Gasteiger partial charge in [-0.1, -0.05) is 6.08 Å². The first kappa shape index (κ1) is 13.8. The van der Waals surface area contributed by atoms with Crippen LogP contribution in [0.5, 0.6) is 0 Å². The minimum Gasteiger partial charge on any atom is -0.374 e. The summed E-state index contributed by atoms with van der Waals surface area (Å²) in [6.45, 7) is 12.8. The molecule has 0 aromatic heterocycles. The highest BCUT2D eigenvalue weighted by atomic mass is 28.4.